The summed E-state index contributed by atoms with van der Waals surface area (Å²) in [5.74, 6) is 0.316. The van der Waals surface area contributed by atoms with E-state index in [9.17, 15) is 19.3 Å². The van der Waals surface area contributed by atoms with E-state index in [1.54, 1.807) is 6.07 Å². The van der Waals surface area contributed by atoms with Gasteiger partial charge in [-0.1, -0.05) is 12.5 Å². The molecule has 0 fully saturated rings. The van der Waals surface area contributed by atoms with Crippen molar-refractivity contribution in [1.29, 1.82) is 0 Å². The molecule has 2 aromatic carbocycles. The quantitative estimate of drug-likeness (QED) is 0.512. The second kappa shape index (κ2) is 8.02. The average molecular weight is 409 g/mol. The van der Waals surface area contributed by atoms with E-state index >= 15 is 0 Å². The highest BCUT2D eigenvalue weighted by molar-refractivity contribution is 6.06. The normalized spacial score (nSPS) is 13.4. The Kier molecular flexibility index (Phi) is 5.26. The fourth-order valence-electron chi connectivity index (χ4n) is 3.72. The number of halogens is 1. The molecule has 0 saturated carbocycles. The van der Waals surface area contributed by atoms with E-state index in [4.69, 9.17) is 0 Å². The number of nitrogens with zero attached hydrogens (tertiary/aromatic N) is 4. The van der Waals surface area contributed by atoms with Crippen molar-refractivity contribution in [1.82, 2.24) is 14.8 Å². The number of fused-ring (bicyclic) bond motifs is 1. The fourth-order valence-corrected chi connectivity index (χ4v) is 3.72. The van der Waals surface area contributed by atoms with Gasteiger partial charge in [0.25, 0.3) is 11.6 Å². The number of carbonyl (C=O) groups excluding carboxylic acids is 1. The number of amides is 1. The molecule has 30 heavy (non-hydrogen) atoms. The van der Waals surface area contributed by atoms with Crippen molar-refractivity contribution in [3.05, 3.63) is 69.3 Å². The molecule has 0 saturated heterocycles. The second-order valence-electron chi connectivity index (χ2n) is 7.26. The topological polar surface area (TPSA) is 103 Å². The first kappa shape index (κ1) is 19.7. The first-order valence-corrected chi connectivity index (χ1v) is 9.73. The van der Waals surface area contributed by atoms with Gasteiger partial charge in [-0.05, 0) is 44.0 Å². The van der Waals surface area contributed by atoms with Crippen LogP contribution in [0.4, 0.5) is 15.8 Å². The number of benzene rings is 2. The third-order valence-corrected chi connectivity index (χ3v) is 5.33. The van der Waals surface area contributed by atoms with Crippen LogP contribution < -0.4 is 5.32 Å². The van der Waals surface area contributed by atoms with E-state index in [0.29, 0.717) is 11.4 Å². The zero-order valence-electron chi connectivity index (χ0n) is 16.4. The minimum Gasteiger partial charge on any atom is -0.319 e. The minimum absolute atomic E-state index is 0.0191. The van der Waals surface area contributed by atoms with Crippen LogP contribution in [0.2, 0.25) is 0 Å². The van der Waals surface area contributed by atoms with Crippen LogP contribution in [0.5, 0.6) is 0 Å². The van der Waals surface area contributed by atoms with Gasteiger partial charge in [-0.2, -0.15) is 0 Å². The summed E-state index contributed by atoms with van der Waals surface area (Å²) in [6.07, 6.45) is 4.06. The molecular formula is C21H20FN5O3. The van der Waals surface area contributed by atoms with Crippen LogP contribution in [0.3, 0.4) is 0 Å². The highest BCUT2D eigenvalue weighted by Crippen LogP contribution is 2.28. The molecule has 0 radical (unpaired) electrons. The molecular weight excluding hydrogens is 389 g/mol. The van der Waals surface area contributed by atoms with Crippen LogP contribution in [0.25, 0.3) is 11.4 Å². The van der Waals surface area contributed by atoms with E-state index in [1.165, 1.54) is 37.3 Å². The highest BCUT2D eigenvalue weighted by Gasteiger charge is 2.20. The first-order valence-electron chi connectivity index (χ1n) is 9.73. The number of nitro benzene ring substituents is 1. The molecule has 0 bridgehead atoms. The van der Waals surface area contributed by atoms with Crippen LogP contribution in [-0.2, 0) is 13.0 Å². The number of aromatic nitrogens is 3. The summed E-state index contributed by atoms with van der Waals surface area (Å²) >= 11 is 0. The number of anilines is 1. The van der Waals surface area contributed by atoms with Crippen LogP contribution in [-0.4, -0.2) is 25.6 Å². The van der Waals surface area contributed by atoms with Crippen molar-refractivity contribution < 1.29 is 14.1 Å². The Morgan fingerprint density at radius 2 is 2.03 bits per heavy atom. The average Bonchev–Trinajstić information content (AvgIpc) is 2.97. The molecule has 2 heterocycles. The Labute approximate surface area is 171 Å². The van der Waals surface area contributed by atoms with Gasteiger partial charge in [0, 0.05) is 35.7 Å². The summed E-state index contributed by atoms with van der Waals surface area (Å²) in [6, 6.07) is 8.61. The standard InChI is InChI=1S/C21H20FN5O3/c1-13-15(6-5-7-18(13)27(29)30)21(28)23-17-12-14(9-10-16(17)22)20-25-24-19-8-3-2-4-11-26(19)20/h5-7,9-10,12H,2-4,8,11H2,1H3,(H,23,28). The van der Waals surface area contributed by atoms with Gasteiger partial charge in [-0.25, -0.2) is 4.39 Å². The number of hydrogen-bond donors (Lipinski definition) is 1. The highest BCUT2D eigenvalue weighted by atomic mass is 19.1. The van der Waals surface area contributed by atoms with Gasteiger partial charge >= 0.3 is 0 Å². The molecule has 0 atom stereocenters. The number of carbonyl (C=O) groups is 1. The zero-order valence-corrected chi connectivity index (χ0v) is 16.4. The van der Waals surface area contributed by atoms with E-state index in [1.807, 2.05) is 4.57 Å². The van der Waals surface area contributed by atoms with E-state index in [2.05, 4.69) is 15.5 Å². The number of aryl methyl sites for hydroxylation is 1. The summed E-state index contributed by atoms with van der Waals surface area (Å²) in [4.78, 5) is 23.3. The maximum absolute atomic E-state index is 14.4. The molecule has 9 heteroatoms. The SMILES string of the molecule is Cc1c(C(=O)Nc2cc(-c3nnc4n3CCCCC4)ccc2F)cccc1[N+](=O)[O-]. The van der Waals surface area contributed by atoms with Gasteiger partial charge in [0.2, 0.25) is 0 Å². The Balaban J connectivity index is 1.66. The number of nitrogens with one attached hydrogen (secondary N) is 1. The molecule has 1 aromatic heterocycles. The monoisotopic (exact) mass is 409 g/mol. The Hall–Kier alpha value is -3.62. The molecule has 154 valence electrons. The Morgan fingerprint density at radius 1 is 1.20 bits per heavy atom. The predicted molar refractivity (Wildman–Crippen MR) is 109 cm³/mol. The third-order valence-electron chi connectivity index (χ3n) is 5.33. The van der Waals surface area contributed by atoms with Crippen LogP contribution in [0.15, 0.2) is 36.4 Å². The van der Waals surface area contributed by atoms with Crippen molar-refractivity contribution in [3.8, 4) is 11.4 Å². The van der Waals surface area contributed by atoms with Crippen LogP contribution in [0, 0.1) is 22.9 Å². The summed E-state index contributed by atoms with van der Waals surface area (Å²) in [5, 5.41) is 22.2. The molecule has 1 N–H and O–H groups in total. The van der Waals surface area contributed by atoms with Gasteiger partial charge in [-0.15, -0.1) is 10.2 Å². The van der Waals surface area contributed by atoms with E-state index in [0.717, 1.165) is 38.1 Å². The maximum atomic E-state index is 14.4. The Bertz CT molecular complexity index is 1140. The maximum Gasteiger partial charge on any atom is 0.273 e. The zero-order chi connectivity index (χ0) is 21.3. The van der Waals surface area contributed by atoms with Gasteiger partial charge in [0.15, 0.2) is 5.82 Å². The molecule has 4 rings (SSSR count). The van der Waals surface area contributed by atoms with Gasteiger partial charge in [0.05, 0.1) is 10.6 Å². The molecule has 8 nitrogen and oxygen atoms in total. The van der Waals surface area contributed by atoms with Gasteiger partial charge in [0.1, 0.15) is 11.6 Å². The van der Waals surface area contributed by atoms with Gasteiger partial charge < -0.3 is 9.88 Å². The van der Waals surface area contributed by atoms with E-state index < -0.39 is 16.6 Å². The summed E-state index contributed by atoms with van der Waals surface area (Å²) in [5.41, 5.74) is 0.796. The molecule has 0 spiro atoms. The predicted octanol–water partition coefficient (Wildman–Crippen LogP) is 4.28. The van der Waals surface area contributed by atoms with Crippen molar-refractivity contribution in [2.45, 2.75) is 39.2 Å². The summed E-state index contributed by atoms with van der Waals surface area (Å²) < 4.78 is 16.5. The number of nitro groups is 1. The lowest BCUT2D eigenvalue weighted by Gasteiger charge is -2.11. The lowest BCUT2D eigenvalue weighted by atomic mass is 10.1. The number of hydrogen-bond acceptors (Lipinski definition) is 5. The fraction of sp³-hybridized carbons (Fsp3) is 0.286. The summed E-state index contributed by atoms with van der Waals surface area (Å²) in [7, 11) is 0. The van der Waals surface area contributed by atoms with E-state index in [-0.39, 0.29) is 22.5 Å². The smallest absolute Gasteiger partial charge is 0.273 e. The lowest BCUT2D eigenvalue weighted by Crippen LogP contribution is -2.15. The summed E-state index contributed by atoms with van der Waals surface area (Å²) in [6.45, 7) is 2.29. The lowest BCUT2D eigenvalue weighted by molar-refractivity contribution is -0.385. The first-order chi connectivity index (χ1) is 14.5. The van der Waals surface area contributed by atoms with Crippen LogP contribution in [0.1, 0.15) is 41.0 Å². The molecule has 3 aromatic rings. The van der Waals surface area contributed by atoms with Crippen molar-refractivity contribution in [2.75, 3.05) is 5.32 Å². The Morgan fingerprint density at radius 3 is 2.83 bits per heavy atom. The van der Waals surface area contributed by atoms with Crippen LogP contribution >= 0.6 is 0 Å². The van der Waals surface area contributed by atoms with Crippen molar-refractivity contribution >= 4 is 17.3 Å². The molecule has 1 amide bonds. The van der Waals surface area contributed by atoms with Crippen molar-refractivity contribution in [2.24, 2.45) is 0 Å². The molecule has 1 aliphatic rings. The van der Waals surface area contributed by atoms with Gasteiger partial charge in [-0.3, -0.25) is 14.9 Å². The largest absolute Gasteiger partial charge is 0.319 e. The third kappa shape index (κ3) is 3.66. The van der Waals surface area contributed by atoms with Crippen molar-refractivity contribution in [3.63, 3.8) is 0 Å². The second-order valence-corrected chi connectivity index (χ2v) is 7.26. The molecule has 0 unspecified atom stereocenters. The molecule has 1 aliphatic heterocycles. The minimum atomic E-state index is -0.618. The number of rotatable bonds is 4. The molecule has 0 aliphatic carbocycles.